The number of fused-ring (bicyclic) bond motifs is 1. The third-order valence-corrected chi connectivity index (χ3v) is 6.92. The maximum atomic E-state index is 12.3. The number of H-pyrrole nitrogens is 1. The van der Waals surface area contributed by atoms with Crippen LogP contribution in [-0.4, -0.2) is 52.0 Å². The van der Waals surface area contributed by atoms with Crippen molar-refractivity contribution in [3.63, 3.8) is 0 Å². The number of aromatic amines is 1. The summed E-state index contributed by atoms with van der Waals surface area (Å²) in [6, 6.07) is 8.78. The van der Waals surface area contributed by atoms with E-state index in [1.54, 1.807) is 31.6 Å². The topological polar surface area (TPSA) is 118 Å². The van der Waals surface area contributed by atoms with E-state index in [1.165, 1.54) is 12.3 Å². The molecule has 1 saturated heterocycles. The van der Waals surface area contributed by atoms with Gasteiger partial charge in [-0.3, -0.25) is 14.8 Å². The number of hydrogen-bond acceptors (Lipinski definition) is 7. The predicted octanol–water partition coefficient (Wildman–Crippen LogP) is 3.90. The number of nitrogens with zero attached hydrogens (tertiary/aromatic N) is 4. The van der Waals surface area contributed by atoms with Crippen LogP contribution in [-0.2, 0) is 14.6 Å². The van der Waals surface area contributed by atoms with E-state index in [9.17, 15) is 13.2 Å². The highest BCUT2D eigenvalue weighted by atomic mass is 32.2. The van der Waals surface area contributed by atoms with Crippen LogP contribution in [0.3, 0.4) is 0 Å². The Hall–Kier alpha value is -3.79. The van der Waals surface area contributed by atoms with Gasteiger partial charge in [0, 0.05) is 48.6 Å². The molecule has 174 valence electrons. The number of hydrogen-bond donors (Lipinski definition) is 1. The zero-order valence-corrected chi connectivity index (χ0v) is 19.5. The summed E-state index contributed by atoms with van der Waals surface area (Å²) in [5.41, 5.74) is 3.30. The number of likely N-dealkylation sites (tertiary alicyclic amines) is 1. The molecule has 1 atom stereocenters. The SMILES string of the molecule is CC(=O)N1CCC[C@@H]1c1cc2[nH]c(-c3cnccn3)cc2cc1Oc1ccc(S(C)(=O)=O)nc1. The van der Waals surface area contributed by atoms with Gasteiger partial charge >= 0.3 is 0 Å². The van der Waals surface area contributed by atoms with E-state index in [0.29, 0.717) is 18.0 Å². The molecule has 34 heavy (non-hydrogen) atoms. The molecular formula is C24H23N5O4S. The van der Waals surface area contributed by atoms with Crippen molar-refractivity contribution in [3.05, 3.63) is 60.7 Å². The molecule has 0 unspecified atom stereocenters. The number of amides is 1. The minimum Gasteiger partial charge on any atom is -0.455 e. The Morgan fingerprint density at radius 1 is 1.15 bits per heavy atom. The Morgan fingerprint density at radius 3 is 2.68 bits per heavy atom. The number of carbonyl (C=O) groups is 1. The maximum absolute atomic E-state index is 12.3. The van der Waals surface area contributed by atoms with Crippen LogP contribution in [0.2, 0.25) is 0 Å². The molecule has 3 aromatic heterocycles. The fourth-order valence-electron chi connectivity index (χ4n) is 4.34. The number of pyridine rings is 1. The molecule has 10 heteroatoms. The molecule has 0 aliphatic carbocycles. The second-order valence-electron chi connectivity index (χ2n) is 8.33. The smallest absolute Gasteiger partial charge is 0.219 e. The summed E-state index contributed by atoms with van der Waals surface area (Å²) in [5.74, 6) is 1.01. The quantitative estimate of drug-likeness (QED) is 0.463. The summed E-state index contributed by atoms with van der Waals surface area (Å²) in [5, 5.41) is 0.890. The zero-order chi connectivity index (χ0) is 23.9. The Balaban J connectivity index is 1.59. The molecule has 0 bridgehead atoms. The molecule has 1 N–H and O–H groups in total. The number of sulfone groups is 1. The van der Waals surface area contributed by atoms with Crippen LogP contribution >= 0.6 is 0 Å². The van der Waals surface area contributed by atoms with E-state index in [1.807, 2.05) is 23.1 Å². The van der Waals surface area contributed by atoms with Crippen LogP contribution < -0.4 is 4.74 Å². The average molecular weight is 478 g/mol. The number of rotatable bonds is 5. The van der Waals surface area contributed by atoms with Crippen LogP contribution in [0.4, 0.5) is 0 Å². The van der Waals surface area contributed by atoms with Gasteiger partial charge in [0.15, 0.2) is 14.9 Å². The van der Waals surface area contributed by atoms with Gasteiger partial charge < -0.3 is 14.6 Å². The summed E-state index contributed by atoms with van der Waals surface area (Å²) in [6.45, 7) is 2.27. The van der Waals surface area contributed by atoms with E-state index in [0.717, 1.165) is 47.0 Å². The number of nitrogens with one attached hydrogen (secondary N) is 1. The average Bonchev–Trinajstić information content (AvgIpc) is 3.46. The van der Waals surface area contributed by atoms with Gasteiger partial charge in [-0.1, -0.05) is 0 Å². The standard InChI is InChI=1S/C24H23N5O4S/c1-15(30)29-9-3-4-22(29)18-12-19-16(10-20(28-19)21-14-25-7-8-26-21)11-23(18)33-17-5-6-24(27-13-17)34(2,31)32/h5-8,10-14,22,28H,3-4,9H2,1-2H3/t22-/m1/s1. The van der Waals surface area contributed by atoms with Crippen molar-refractivity contribution >= 4 is 26.6 Å². The summed E-state index contributed by atoms with van der Waals surface area (Å²) in [4.78, 5) is 30.0. The first-order chi connectivity index (χ1) is 16.3. The van der Waals surface area contributed by atoms with Gasteiger partial charge in [-0.15, -0.1) is 0 Å². The summed E-state index contributed by atoms with van der Waals surface area (Å²) < 4.78 is 29.7. The molecule has 4 aromatic rings. The molecule has 5 rings (SSSR count). The van der Waals surface area contributed by atoms with Crippen molar-refractivity contribution in [1.82, 2.24) is 24.8 Å². The fourth-order valence-corrected chi connectivity index (χ4v) is 4.90. The third kappa shape index (κ3) is 4.24. The molecule has 0 radical (unpaired) electrons. The van der Waals surface area contributed by atoms with E-state index < -0.39 is 9.84 Å². The van der Waals surface area contributed by atoms with Crippen molar-refractivity contribution in [2.24, 2.45) is 0 Å². The van der Waals surface area contributed by atoms with E-state index in [2.05, 4.69) is 19.9 Å². The van der Waals surface area contributed by atoms with Crippen LogP contribution in [0.1, 0.15) is 31.4 Å². The third-order valence-electron chi connectivity index (χ3n) is 5.92. The number of carbonyl (C=O) groups excluding carboxylic acids is 1. The lowest BCUT2D eigenvalue weighted by atomic mass is 10.0. The van der Waals surface area contributed by atoms with Crippen LogP contribution in [0.5, 0.6) is 11.5 Å². The van der Waals surface area contributed by atoms with E-state index >= 15 is 0 Å². The van der Waals surface area contributed by atoms with Crippen molar-refractivity contribution < 1.29 is 17.9 Å². The largest absolute Gasteiger partial charge is 0.455 e. The van der Waals surface area contributed by atoms with Gasteiger partial charge in [0.05, 0.1) is 24.1 Å². The maximum Gasteiger partial charge on any atom is 0.219 e. The first-order valence-electron chi connectivity index (χ1n) is 10.8. The molecular weight excluding hydrogens is 454 g/mol. The molecule has 1 fully saturated rings. The van der Waals surface area contributed by atoms with E-state index in [4.69, 9.17) is 4.74 Å². The van der Waals surface area contributed by atoms with E-state index in [-0.39, 0.29) is 17.0 Å². The van der Waals surface area contributed by atoms with Gasteiger partial charge in [-0.2, -0.15) is 0 Å². The van der Waals surface area contributed by atoms with Crippen molar-refractivity contribution in [2.75, 3.05) is 12.8 Å². The summed E-state index contributed by atoms with van der Waals surface area (Å²) in [7, 11) is -3.41. The summed E-state index contributed by atoms with van der Waals surface area (Å²) in [6.07, 6.45) is 9.18. The Bertz CT molecular complexity index is 1470. The first kappa shape index (κ1) is 22.0. The lowest BCUT2D eigenvalue weighted by Crippen LogP contribution is -2.28. The van der Waals surface area contributed by atoms with Crippen molar-refractivity contribution in [1.29, 1.82) is 0 Å². The molecule has 1 amide bonds. The van der Waals surface area contributed by atoms with Crippen molar-refractivity contribution in [2.45, 2.75) is 30.8 Å². The monoisotopic (exact) mass is 477 g/mol. The summed E-state index contributed by atoms with van der Waals surface area (Å²) >= 11 is 0. The molecule has 1 aromatic carbocycles. The van der Waals surface area contributed by atoms with Gasteiger partial charge in [0.2, 0.25) is 5.91 Å². The van der Waals surface area contributed by atoms with Gasteiger partial charge in [-0.25, -0.2) is 13.4 Å². The second-order valence-corrected chi connectivity index (χ2v) is 10.3. The van der Waals surface area contributed by atoms with Crippen molar-refractivity contribution in [3.8, 4) is 22.9 Å². The molecule has 9 nitrogen and oxygen atoms in total. The molecule has 0 saturated carbocycles. The van der Waals surface area contributed by atoms with Gasteiger partial charge in [0.25, 0.3) is 0 Å². The molecule has 0 spiro atoms. The van der Waals surface area contributed by atoms with Gasteiger partial charge in [0.1, 0.15) is 17.2 Å². The first-order valence-corrected chi connectivity index (χ1v) is 12.7. The van der Waals surface area contributed by atoms with Crippen LogP contribution in [0, 0.1) is 0 Å². The minimum atomic E-state index is -3.41. The Morgan fingerprint density at radius 2 is 2.00 bits per heavy atom. The Labute approximate surface area is 196 Å². The molecule has 1 aliphatic rings. The minimum absolute atomic E-state index is 0.0134. The lowest BCUT2D eigenvalue weighted by molar-refractivity contribution is -0.129. The zero-order valence-electron chi connectivity index (χ0n) is 18.7. The highest BCUT2D eigenvalue weighted by molar-refractivity contribution is 7.90. The highest BCUT2D eigenvalue weighted by Crippen LogP contribution is 2.41. The second kappa shape index (κ2) is 8.53. The Kier molecular flexibility index (Phi) is 5.52. The lowest BCUT2D eigenvalue weighted by Gasteiger charge is -2.25. The highest BCUT2D eigenvalue weighted by Gasteiger charge is 2.31. The number of ether oxygens (including phenoxy) is 1. The normalized spacial score (nSPS) is 16.2. The van der Waals surface area contributed by atoms with Gasteiger partial charge in [-0.05, 0) is 43.2 Å². The van der Waals surface area contributed by atoms with Crippen LogP contribution in [0.15, 0.2) is 60.1 Å². The predicted molar refractivity (Wildman–Crippen MR) is 126 cm³/mol. The number of aromatic nitrogens is 4. The molecule has 4 heterocycles. The number of benzene rings is 1. The fraction of sp³-hybridized carbons (Fsp3) is 0.250. The molecule has 1 aliphatic heterocycles. The van der Waals surface area contributed by atoms with Crippen LogP contribution in [0.25, 0.3) is 22.3 Å².